The Morgan fingerprint density at radius 3 is 2.62 bits per heavy atom. The van der Waals surface area contributed by atoms with Gasteiger partial charge in [-0.2, -0.15) is 0 Å². The topological polar surface area (TPSA) is 97.6 Å². The number of aromatic nitrogens is 7. The number of nitrogens with one attached hydrogen (secondary N) is 1. The quantitative estimate of drug-likeness (QED) is 0.360. The highest BCUT2D eigenvalue weighted by molar-refractivity contribution is 7.07. The van der Waals surface area contributed by atoms with Crippen LogP contribution in [0.2, 0.25) is 0 Å². The summed E-state index contributed by atoms with van der Waals surface area (Å²) in [6, 6.07) is 14.7. The second-order valence-electron chi connectivity index (χ2n) is 9.13. The number of anilines is 1. The minimum atomic E-state index is 0.707. The van der Waals surface area contributed by atoms with Crippen molar-refractivity contribution in [2.45, 2.75) is 13.8 Å². The molecule has 0 unspecified atom stereocenters. The van der Waals surface area contributed by atoms with Crippen molar-refractivity contribution < 1.29 is 4.74 Å². The zero-order valence-corrected chi connectivity index (χ0v) is 21.3. The van der Waals surface area contributed by atoms with Gasteiger partial charge in [-0.1, -0.05) is 18.2 Å². The second kappa shape index (κ2) is 8.75. The summed E-state index contributed by atoms with van der Waals surface area (Å²) in [7, 11) is 0. The predicted molar refractivity (Wildman–Crippen MR) is 145 cm³/mol. The van der Waals surface area contributed by atoms with Gasteiger partial charge in [0.25, 0.3) is 0 Å². The predicted octanol–water partition coefficient (Wildman–Crippen LogP) is 4.94. The minimum absolute atomic E-state index is 0.707. The van der Waals surface area contributed by atoms with Crippen molar-refractivity contribution in [2.24, 2.45) is 0 Å². The summed E-state index contributed by atoms with van der Waals surface area (Å²) < 4.78 is 7.85. The van der Waals surface area contributed by atoms with E-state index in [0.717, 1.165) is 75.0 Å². The molecule has 0 saturated carbocycles. The average Bonchev–Trinajstić information content (AvgIpc) is 3.68. The van der Waals surface area contributed by atoms with Crippen LogP contribution in [0.15, 0.2) is 53.4 Å². The van der Waals surface area contributed by atoms with E-state index in [1.165, 1.54) is 0 Å². The molecule has 37 heavy (non-hydrogen) atoms. The van der Waals surface area contributed by atoms with Crippen LogP contribution in [0.5, 0.6) is 0 Å². The molecule has 0 aliphatic carbocycles. The van der Waals surface area contributed by atoms with Gasteiger partial charge in [0.05, 0.1) is 46.8 Å². The summed E-state index contributed by atoms with van der Waals surface area (Å²) >= 11 is 1.57. The van der Waals surface area contributed by atoms with Crippen molar-refractivity contribution >= 4 is 39.0 Å². The van der Waals surface area contributed by atoms with Gasteiger partial charge in [0.1, 0.15) is 17.2 Å². The fraction of sp³-hybridized carbons (Fsp3) is 0.222. The number of pyridine rings is 1. The largest absolute Gasteiger partial charge is 0.378 e. The van der Waals surface area contributed by atoms with Gasteiger partial charge in [0, 0.05) is 35.1 Å². The molecule has 1 fully saturated rings. The molecule has 7 rings (SSSR count). The normalized spacial score (nSPS) is 14.2. The van der Waals surface area contributed by atoms with Crippen LogP contribution in [0.1, 0.15) is 11.6 Å². The number of hydrogen-bond donors (Lipinski definition) is 1. The Hall–Kier alpha value is -4.15. The third-order valence-electron chi connectivity index (χ3n) is 6.77. The first-order chi connectivity index (χ1) is 18.2. The van der Waals surface area contributed by atoms with Gasteiger partial charge in [-0.25, -0.2) is 15.0 Å². The zero-order valence-electron chi connectivity index (χ0n) is 20.5. The molecule has 0 bridgehead atoms. The van der Waals surface area contributed by atoms with Gasteiger partial charge in [0.15, 0.2) is 5.82 Å². The first kappa shape index (κ1) is 22.1. The summed E-state index contributed by atoms with van der Waals surface area (Å²) in [4.78, 5) is 20.2. The Morgan fingerprint density at radius 2 is 1.84 bits per heavy atom. The van der Waals surface area contributed by atoms with E-state index in [1.807, 2.05) is 42.9 Å². The Morgan fingerprint density at radius 1 is 0.973 bits per heavy atom. The molecule has 5 heterocycles. The van der Waals surface area contributed by atoms with Crippen LogP contribution in [0, 0.1) is 13.8 Å². The lowest BCUT2D eigenvalue weighted by Gasteiger charge is -2.29. The fourth-order valence-corrected chi connectivity index (χ4v) is 5.59. The first-order valence-corrected chi connectivity index (χ1v) is 13.1. The monoisotopic (exact) mass is 508 g/mol. The minimum Gasteiger partial charge on any atom is -0.378 e. The number of H-pyrrole nitrogens is 1. The molecule has 6 aromatic rings. The maximum absolute atomic E-state index is 5.62. The molecule has 0 amide bonds. The number of morpholine rings is 1. The van der Waals surface area contributed by atoms with E-state index in [-0.39, 0.29) is 0 Å². The number of fused-ring (bicyclic) bond motifs is 2. The van der Waals surface area contributed by atoms with E-state index in [1.54, 1.807) is 11.3 Å². The van der Waals surface area contributed by atoms with E-state index >= 15 is 0 Å². The van der Waals surface area contributed by atoms with E-state index in [9.17, 15) is 0 Å². The molecule has 0 spiro atoms. The standard InChI is InChI=1S/C27H24N8OS/c1-16-29-27(33-32-16)20-11-18(34-7-9-36-10-8-34)12-25-26(20)30-17(2)35(25)24-13-22(23-14-37-15-28-23)31-21-6-4-3-5-19(21)24/h3-6,11-15H,7-10H2,1-2H3,(H,29,32,33). The Balaban J connectivity index is 1.53. The van der Waals surface area contributed by atoms with Crippen molar-refractivity contribution in [1.29, 1.82) is 0 Å². The highest BCUT2D eigenvalue weighted by atomic mass is 32.1. The van der Waals surface area contributed by atoms with E-state index in [0.29, 0.717) is 19.0 Å². The van der Waals surface area contributed by atoms with Crippen LogP contribution in [0.25, 0.3) is 50.4 Å². The van der Waals surface area contributed by atoms with Crippen molar-refractivity contribution in [2.75, 3.05) is 31.2 Å². The van der Waals surface area contributed by atoms with Crippen molar-refractivity contribution in [1.82, 2.24) is 34.7 Å². The van der Waals surface area contributed by atoms with Gasteiger partial charge in [-0.05, 0) is 38.1 Å². The van der Waals surface area contributed by atoms with Crippen LogP contribution in [-0.4, -0.2) is 61.0 Å². The number of rotatable bonds is 4. The molecule has 184 valence electrons. The highest BCUT2D eigenvalue weighted by Gasteiger charge is 2.22. The van der Waals surface area contributed by atoms with Crippen LogP contribution in [-0.2, 0) is 4.74 Å². The smallest absolute Gasteiger partial charge is 0.163 e. The number of para-hydroxylation sites is 1. The van der Waals surface area contributed by atoms with E-state index in [4.69, 9.17) is 14.7 Å². The van der Waals surface area contributed by atoms with Crippen molar-refractivity contribution in [3.05, 3.63) is 65.0 Å². The molecule has 1 saturated heterocycles. The maximum atomic E-state index is 5.62. The number of imidazole rings is 1. The Kier molecular flexibility index (Phi) is 5.22. The van der Waals surface area contributed by atoms with E-state index in [2.05, 4.69) is 53.9 Å². The molecule has 0 atom stereocenters. The second-order valence-corrected chi connectivity index (χ2v) is 9.85. The summed E-state index contributed by atoms with van der Waals surface area (Å²) in [5, 5.41) is 11.7. The third-order valence-corrected chi connectivity index (χ3v) is 7.36. The number of hydrogen-bond acceptors (Lipinski definition) is 8. The van der Waals surface area contributed by atoms with Gasteiger partial charge >= 0.3 is 0 Å². The van der Waals surface area contributed by atoms with Crippen molar-refractivity contribution in [3.8, 4) is 28.5 Å². The lowest BCUT2D eigenvalue weighted by molar-refractivity contribution is 0.122. The van der Waals surface area contributed by atoms with E-state index < -0.39 is 0 Å². The van der Waals surface area contributed by atoms with Gasteiger partial charge in [-0.15, -0.1) is 21.5 Å². The Bertz CT molecular complexity index is 1750. The molecule has 10 heteroatoms. The summed E-state index contributed by atoms with van der Waals surface area (Å²) in [6.45, 7) is 7.03. The molecule has 1 aliphatic heterocycles. The van der Waals surface area contributed by atoms with Crippen LogP contribution in [0.3, 0.4) is 0 Å². The highest BCUT2D eigenvalue weighted by Crippen LogP contribution is 2.36. The number of nitrogens with zero attached hydrogens (tertiary/aromatic N) is 7. The van der Waals surface area contributed by atoms with Crippen LogP contribution < -0.4 is 4.90 Å². The number of benzene rings is 2. The molecular weight excluding hydrogens is 484 g/mol. The summed E-state index contributed by atoms with van der Waals surface area (Å²) in [6.07, 6.45) is 0. The molecule has 0 radical (unpaired) electrons. The van der Waals surface area contributed by atoms with Crippen LogP contribution in [0.4, 0.5) is 5.69 Å². The third kappa shape index (κ3) is 3.76. The summed E-state index contributed by atoms with van der Waals surface area (Å²) in [5.41, 5.74) is 9.40. The molecule has 9 nitrogen and oxygen atoms in total. The molecule has 4 aromatic heterocycles. The summed E-state index contributed by atoms with van der Waals surface area (Å²) in [5.74, 6) is 2.36. The number of aryl methyl sites for hydroxylation is 2. The fourth-order valence-electron chi connectivity index (χ4n) is 5.05. The zero-order chi connectivity index (χ0) is 24.9. The molecule has 2 aromatic carbocycles. The van der Waals surface area contributed by atoms with Gasteiger partial charge < -0.3 is 14.6 Å². The average molecular weight is 509 g/mol. The Labute approximate surface area is 216 Å². The number of ether oxygens (including phenoxy) is 1. The van der Waals surface area contributed by atoms with Gasteiger partial charge in [0.2, 0.25) is 0 Å². The number of thiazole rings is 1. The van der Waals surface area contributed by atoms with Gasteiger partial charge in [-0.3, -0.25) is 4.57 Å². The maximum Gasteiger partial charge on any atom is 0.163 e. The molecule has 1 aliphatic rings. The van der Waals surface area contributed by atoms with Crippen molar-refractivity contribution in [3.63, 3.8) is 0 Å². The molecule has 1 N–H and O–H groups in total. The SMILES string of the molecule is Cc1nnc(-c2cc(N3CCOCC3)cc3c2nc(C)n3-c2cc(-c3cscn3)nc3ccccc23)[nH]1. The van der Waals surface area contributed by atoms with Crippen LogP contribution >= 0.6 is 11.3 Å². The molecular formula is C27H24N8OS. The first-order valence-electron chi connectivity index (χ1n) is 12.2. The number of aromatic amines is 1. The lowest BCUT2D eigenvalue weighted by Crippen LogP contribution is -2.36. The lowest BCUT2D eigenvalue weighted by atomic mass is 10.1.